The Morgan fingerprint density at radius 3 is 2.55 bits per heavy atom. The quantitative estimate of drug-likeness (QED) is 0.867. The summed E-state index contributed by atoms with van der Waals surface area (Å²) in [5.41, 5.74) is 2.69. The highest BCUT2D eigenvalue weighted by atomic mass is 35.5. The second-order valence-corrected chi connectivity index (χ2v) is 5.57. The minimum absolute atomic E-state index is 0.355. The van der Waals surface area contributed by atoms with Gasteiger partial charge in [0.05, 0.1) is 6.10 Å². The van der Waals surface area contributed by atoms with E-state index in [0.29, 0.717) is 16.7 Å². The van der Waals surface area contributed by atoms with Crippen molar-refractivity contribution in [1.82, 2.24) is 0 Å². The molecule has 0 fully saturated rings. The monoisotopic (exact) mass is 310 g/mol. The molecule has 0 heterocycles. The van der Waals surface area contributed by atoms with E-state index >= 15 is 0 Å². The molecule has 0 aliphatic rings. The van der Waals surface area contributed by atoms with Gasteiger partial charge in [-0.1, -0.05) is 29.3 Å². The van der Waals surface area contributed by atoms with E-state index in [1.807, 2.05) is 25.1 Å². The molecule has 106 valence electrons. The summed E-state index contributed by atoms with van der Waals surface area (Å²) >= 11 is 12.0. The molecule has 20 heavy (non-hydrogen) atoms. The van der Waals surface area contributed by atoms with Gasteiger partial charge in [-0.2, -0.15) is 0 Å². The minimum Gasteiger partial charge on any atom is -0.489 e. The van der Waals surface area contributed by atoms with E-state index in [1.54, 1.807) is 25.1 Å². The van der Waals surface area contributed by atoms with Crippen molar-refractivity contribution in [2.75, 3.05) is 0 Å². The number of hydrogen-bond donors (Lipinski definition) is 1. The van der Waals surface area contributed by atoms with Crippen LogP contribution in [0, 0.1) is 6.92 Å². The van der Waals surface area contributed by atoms with E-state index in [9.17, 15) is 5.11 Å². The van der Waals surface area contributed by atoms with Crippen LogP contribution < -0.4 is 4.74 Å². The lowest BCUT2D eigenvalue weighted by molar-refractivity contribution is 0.199. The molecule has 0 aromatic heterocycles. The van der Waals surface area contributed by atoms with E-state index in [-0.39, 0.29) is 0 Å². The predicted octanol–water partition coefficient (Wildman–Crippen LogP) is 4.93. The Kier molecular flexibility index (Phi) is 4.92. The minimum atomic E-state index is -0.481. The predicted molar refractivity (Wildman–Crippen MR) is 82.6 cm³/mol. The summed E-state index contributed by atoms with van der Waals surface area (Å²) in [4.78, 5) is 0. The highest BCUT2D eigenvalue weighted by Gasteiger charge is 2.07. The number of ether oxygens (including phenoxy) is 1. The standard InChI is InChI=1S/C16H16Cl2O2/c1-10-7-12(11(2)19)3-6-16(10)20-9-13-8-14(17)4-5-15(13)18/h3-8,11,19H,9H2,1-2H3/t11-/m1/s1. The fourth-order valence-corrected chi connectivity index (χ4v) is 2.27. The second kappa shape index (κ2) is 6.49. The van der Waals surface area contributed by atoms with Crippen LogP contribution in [0.2, 0.25) is 10.0 Å². The zero-order chi connectivity index (χ0) is 14.7. The number of aliphatic hydroxyl groups excluding tert-OH is 1. The Hall–Kier alpha value is -1.22. The van der Waals surface area contributed by atoms with Gasteiger partial charge in [-0.3, -0.25) is 0 Å². The summed E-state index contributed by atoms with van der Waals surface area (Å²) in [5, 5.41) is 10.8. The number of aryl methyl sites for hydroxylation is 1. The molecular weight excluding hydrogens is 295 g/mol. The van der Waals surface area contributed by atoms with Crippen molar-refractivity contribution in [2.45, 2.75) is 26.6 Å². The molecular formula is C16H16Cl2O2. The molecule has 0 aliphatic heterocycles. The Labute approximate surface area is 128 Å². The fraction of sp³-hybridized carbons (Fsp3) is 0.250. The van der Waals surface area contributed by atoms with Crippen molar-refractivity contribution in [3.63, 3.8) is 0 Å². The summed E-state index contributed by atoms with van der Waals surface area (Å²) in [6, 6.07) is 10.9. The van der Waals surface area contributed by atoms with E-state index in [0.717, 1.165) is 22.4 Å². The third-order valence-electron chi connectivity index (χ3n) is 3.07. The third-order valence-corrected chi connectivity index (χ3v) is 3.68. The van der Waals surface area contributed by atoms with Crippen LogP contribution in [-0.4, -0.2) is 5.11 Å². The Morgan fingerprint density at radius 2 is 1.90 bits per heavy atom. The van der Waals surface area contributed by atoms with Gasteiger partial charge in [-0.25, -0.2) is 0 Å². The topological polar surface area (TPSA) is 29.5 Å². The lowest BCUT2D eigenvalue weighted by Crippen LogP contribution is -1.99. The molecule has 2 aromatic rings. The third kappa shape index (κ3) is 3.66. The van der Waals surface area contributed by atoms with Crippen molar-refractivity contribution < 1.29 is 9.84 Å². The van der Waals surface area contributed by atoms with Crippen molar-refractivity contribution in [3.05, 3.63) is 63.1 Å². The van der Waals surface area contributed by atoms with Gasteiger partial charge >= 0.3 is 0 Å². The molecule has 2 nitrogen and oxygen atoms in total. The summed E-state index contributed by atoms with van der Waals surface area (Å²) in [6.45, 7) is 4.04. The first-order valence-corrected chi connectivity index (χ1v) is 7.08. The molecule has 0 saturated heterocycles. The maximum atomic E-state index is 9.54. The molecule has 0 spiro atoms. The maximum Gasteiger partial charge on any atom is 0.122 e. The molecule has 0 aliphatic carbocycles. The highest BCUT2D eigenvalue weighted by Crippen LogP contribution is 2.26. The smallest absolute Gasteiger partial charge is 0.122 e. The van der Waals surface area contributed by atoms with Crippen LogP contribution in [0.5, 0.6) is 5.75 Å². The average Bonchev–Trinajstić information content (AvgIpc) is 2.40. The first kappa shape index (κ1) is 15.2. The molecule has 0 unspecified atom stereocenters. The number of hydrogen-bond acceptors (Lipinski definition) is 2. The van der Waals surface area contributed by atoms with E-state index in [1.165, 1.54) is 0 Å². The molecule has 1 atom stereocenters. The van der Waals surface area contributed by atoms with Gasteiger partial charge in [0.1, 0.15) is 12.4 Å². The molecule has 1 N–H and O–H groups in total. The zero-order valence-corrected chi connectivity index (χ0v) is 12.9. The van der Waals surface area contributed by atoms with Gasteiger partial charge in [-0.15, -0.1) is 0 Å². The van der Waals surface area contributed by atoms with Crippen LogP contribution in [0.15, 0.2) is 36.4 Å². The molecule has 0 radical (unpaired) electrons. The van der Waals surface area contributed by atoms with Crippen molar-refractivity contribution in [2.24, 2.45) is 0 Å². The molecule has 0 amide bonds. The van der Waals surface area contributed by atoms with Crippen LogP contribution in [0.3, 0.4) is 0 Å². The van der Waals surface area contributed by atoms with Gasteiger partial charge in [0, 0.05) is 15.6 Å². The summed E-state index contributed by atoms with van der Waals surface area (Å²) in [5.74, 6) is 0.769. The molecule has 2 aromatic carbocycles. The van der Waals surface area contributed by atoms with Crippen LogP contribution in [0.4, 0.5) is 0 Å². The lowest BCUT2D eigenvalue weighted by Gasteiger charge is -2.13. The molecule has 4 heteroatoms. The second-order valence-electron chi connectivity index (χ2n) is 4.73. The van der Waals surface area contributed by atoms with Gasteiger partial charge in [0.2, 0.25) is 0 Å². The highest BCUT2D eigenvalue weighted by molar-refractivity contribution is 6.33. The SMILES string of the molecule is Cc1cc([C@@H](C)O)ccc1OCc1cc(Cl)ccc1Cl. The van der Waals surface area contributed by atoms with Gasteiger partial charge in [-0.05, 0) is 55.3 Å². The van der Waals surface area contributed by atoms with E-state index in [4.69, 9.17) is 27.9 Å². The lowest BCUT2D eigenvalue weighted by atomic mass is 10.1. The van der Waals surface area contributed by atoms with Gasteiger partial charge in [0.15, 0.2) is 0 Å². The zero-order valence-electron chi connectivity index (χ0n) is 11.4. The number of rotatable bonds is 4. The number of benzene rings is 2. The van der Waals surface area contributed by atoms with E-state index in [2.05, 4.69) is 0 Å². The maximum absolute atomic E-state index is 9.54. The Balaban J connectivity index is 2.13. The van der Waals surface area contributed by atoms with Gasteiger partial charge in [0.25, 0.3) is 0 Å². The van der Waals surface area contributed by atoms with Crippen molar-refractivity contribution in [3.8, 4) is 5.75 Å². The molecule has 2 rings (SSSR count). The van der Waals surface area contributed by atoms with Crippen LogP contribution >= 0.6 is 23.2 Å². The Bertz CT molecular complexity index is 609. The fourth-order valence-electron chi connectivity index (χ4n) is 1.90. The van der Waals surface area contributed by atoms with Gasteiger partial charge < -0.3 is 9.84 Å². The number of halogens is 2. The number of aliphatic hydroxyl groups is 1. The van der Waals surface area contributed by atoms with Crippen LogP contribution in [-0.2, 0) is 6.61 Å². The van der Waals surface area contributed by atoms with Crippen LogP contribution in [0.1, 0.15) is 29.7 Å². The first-order valence-electron chi connectivity index (χ1n) is 6.32. The molecule has 0 saturated carbocycles. The normalized spacial score (nSPS) is 12.2. The summed E-state index contributed by atoms with van der Waals surface area (Å²) < 4.78 is 5.77. The van der Waals surface area contributed by atoms with Crippen LogP contribution in [0.25, 0.3) is 0 Å². The summed E-state index contributed by atoms with van der Waals surface area (Å²) in [6.07, 6.45) is -0.481. The van der Waals surface area contributed by atoms with Crippen molar-refractivity contribution >= 4 is 23.2 Å². The first-order chi connectivity index (χ1) is 9.47. The van der Waals surface area contributed by atoms with E-state index < -0.39 is 6.10 Å². The van der Waals surface area contributed by atoms with Crippen molar-refractivity contribution in [1.29, 1.82) is 0 Å². The Morgan fingerprint density at radius 1 is 1.15 bits per heavy atom. The average molecular weight is 311 g/mol. The largest absolute Gasteiger partial charge is 0.489 e. The summed E-state index contributed by atoms with van der Waals surface area (Å²) in [7, 11) is 0. The molecule has 0 bridgehead atoms.